The molecular formula is C74H116N16O21. The van der Waals surface area contributed by atoms with E-state index in [1.807, 2.05) is 13.8 Å². The van der Waals surface area contributed by atoms with Crippen molar-refractivity contribution in [2.24, 2.45) is 41.1 Å². The van der Waals surface area contributed by atoms with Gasteiger partial charge in [-0.05, 0) is 131 Å². The lowest BCUT2D eigenvalue weighted by Crippen LogP contribution is -2.63. The lowest BCUT2D eigenvalue weighted by Gasteiger charge is -2.30. The maximum atomic E-state index is 14.5. The van der Waals surface area contributed by atoms with Crippen LogP contribution in [0.25, 0.3) is 0 Å². The van der Waals surface area contributed by atoms with Crippen LogP contribution in [0.3, 0.4) is 0 Å². The number of phenols is 2. The van der Waals surface area contributed by atoms with Gasteiger partial charge in [0.05, 0.1) is 25.6 Å². The summed E-state index contributed by atoms with van der Waals surface area (Å²) in [4.78, 5) is 220. The predicted octanol–water partition coefficient (Wildman–Crippen LogP) is -3.06. The quantitative estimate of drug-likeness (QED) is 0.0293. The van der Waals surface area contributed by atoms with E-state index in [4.69, 9.17) is 11.5 Å². The smallest absolute Gasteiger partial charge is 0.326 e. The highest BCUT2D eigenvalue weighted by Crippen LogP contribution is 2.22. The third-order valence-electron chi connectivity index (χ3n) is 18.5. The molecule has 3 rings (SSSR count). The SMILES string of the molecule is CC[C@H](C)[C@H](NC(=O)[C@@H](NC(=O)[C@H](Cc1ccc(O)cc1)NC(=O)[C@H](CC(=O)O)NC(=O)[C@@H](NC(=O)CNC(=O)[C@@H]1CCCN1C(=O)[C@H](CCCCN)NC(=O)[C@H](CC(C)C)NC(=O)CN)C(C)C)[C@@H](C)O)C(=O)N[C@@H](C)C(=O)N[C@H](C(=O)N[C@@H](Cc1ccc(O)cc1)C(=O)N[C@@H](C)C(=O)N[C@H](C(=O)O)C(C)C)C(C)C. The molecule has 1 aliphatic heterocycles. The maximum absolute atomic E-state index is 14.5. The van der Waals surface area contributed by atoms with Crippen molar-refractivity contribution < 1.29 is 102 Å². The maximum Gasteiger partial charge on any atom is 0.326 e. The van der Waals surface area contributed by atoms with E-state index in [2.05, 4.69) is 69.1 Å². The van der Waals surface area contributed by atoms with Gasteiger partial charge >= 0.3 is 11.9 Å². The number of nitrogens with one attached hydrogen (secondary N) is 13. The van der Waals surface area contributed by atoms with Gasteiger partial charge in [-0.25, -0.2) is 4.79 Å². The van der Waals surface area contributed by atoms with E-state index in [9.17, 15) is 102 Å². The van der Waals surface area contributed by atoms with E-state index in [1.54, 1.807) is 41.5 Å². The fourth-order valence-corrected chi connectivity index (χ4v) is 11.8. The van der Waals surface area contributed by atoms with Gasteiger partial charge in [0.1, 0.15) is 90.0 Å². The van der Waals surface area contributed by atoms with Gasteiger partial charge in [-0.3, -0.25) is 71.9 Å². The summed E-state index contributed by atoms with van der Waals surface area (Å²) in [5.41, 5.74) is 11.9. The molecule has 111 heavy (non-hydrogen) atoms. The minimum Gasteiger partial charge on any atom is -0.508 e. The van der Waals surface area contributed by atoms with Crippen LogP contribution in [-0.4, -0.2) is 236 Å². The Kier molecular flexibility index (Phi) is 39.4. The second kappa shape index (κ2) is 46.2. The van der Waals surface area contributed by atoms with Gasteiger partial charge in [0, 0.05) is 19.4 Å². The number of nitrogens with zero attached hydrogens (tertiary/aromatic N) is 1. The van der Waals surface area contributed by atoms with E-state index in [-0.39, 0.29) is 68.2 Å². The predicted molar refractivity (Wildman–Crippen MR) is 403 cm³/mol. The standard InChI is InChI=1S/C74H116N16O21/c1-14-40(10)60(71(107)79-42(12)62(98)86-58(38(6)7)70(106)83-50(31-44-20-24-46(92)25-21-44)64(100)78-41(11)63(99)87-59(39(8)9)74(110)111)88-72(108)61(43(13)91)89-67(103)51(32-45-22-26-47(93)27-23-45)82-66(102)52(33-56(96)97)84-69(105)57(37(4)5)85-55(95)35-77-68(104)53-19-17-29-90(53)73(109)48(18-15-16-28-75)81-65(101)49(30-36(2)3)80-54(94)34-76/h20-27,36-43,48-53,57-61,91-93H,14-19,28-35,75-76H2,1-13H3,(H,77,104)(H,78,100)(H,79,107)(H,80,94)(H,81,101)(H,82,102)(H,83,106)(H,84,105)(H,85,95)(H,86,98)(H,87,99)(H,88,108)(H,89,103)(H,96,97)(H,110,111)/t40-,41-,42-,43+,48-,49-,50-,51-,52-,53-,57-,58-,59-,60-,61-/m0/s1. The largest absolute Gasteiger partial charge is 0.508 e. The van der Waals surface area contributed by atoms with Crippen LogP contribution in [0.15, 0.2) is 48.5 Å². The van der Waals surface area contributed by atoms with Crippen LogP contribution in [-0.2, 0) is 89.6 Å². The number of aromatic hydroxyl groups is 2. The molecule has 0 saturated carbocycles. The zero-order chi connectivity index (χ0) is 83.8. The average Bonchev–Trinajstić information content (AvgIpc) is 1.78. The topological polar surface area (TPSA) is 586 Å². The summed E-state index contributed by atoms with van der Waals surface area (Å²) in [7, 11) is 0. The number of aliphatic carboxylic acids is 2. The molecule has 1 heterocycles. The fraction of sp³-hybridized carbons (Fsp3) is 0.622. The molecule has 2 aromatic rings. The molecule has 14 amide bonds. The van der Waals surface area contributed by atoms with Gasteiger partial charge in [-0.15, -0.1) is 0 Å². The Labute approximate surface area is 645 Å². The number of rotatable bonds is 46. The number of aliphatic hydroxyl groups is 1. The van der Waals surface area contributed by atoms with Crippen LogP contribution in [0.1, 0.15) is 153 Å². The van der Waals surface area contributed by atoms with Gasteiger partial charge in [0.15, 0.2) is 0 Å². The first-order valence-corrected chi connectivity index (χ1v) is 37.3. The van der Waals surface area contributed by atoms with Crippen LogP contribution in [0.4, 0.5) is 0 Å². The molecule has 1 aliphatic rings. The van der Waals surface area contributed by atoms with Crippen molar-refractivity contribution in [2.45, 2.75) is 239 Å². The van der Waals surface area contributed by atoms with E-state index in [0.717, 1.165) is 6.92 Å². The third kappa shape index (κ3) is 31.4. The number of likely N-dealkylation sites (tertiary alicyclic amines) is 1. The summed E-state index contributed by atoms with van der Waals surface area (Å²) in [5, 5.41) is 83.2. The zero-order valence-electron chi connectivity index (χ0n) is 65.4. The average molecular weight is 1570 g/mol. The highest BCUT2D eigenvalue weighted by Gasteiger charge is 2.42. The first kappa shape index (κ1) is 94.6. The van der Waals surface area contributed by atoms with Crippen LogP contribution < -0.4 is 80.6 Å². The van der Waals surface area contributed by atoms with E-state index >= 15 is 0 Å². The molecule has 0 aromatic heterocycles. The summed E-state index contributed by atoms with van der Waals surface area (Å²) in [6.07, 6.45) is -1.41. The number of unbranched alkanes of at least 4 members (excludes halogenated alkanes) is 1. The van der Waals surface area contributed by atoms with Crippen LogP contribution >= 0.6 is 0 Å². The van der Waals surface area contributed by atoms with Crippen molar-refractivity contribution in [1.29, 1.82) is 0 Å². The van der Waals surface area contributed by atoms with Crippen LogP contribution in [0.2, 0.25) is 0 Å². The molecule has 37 heteroatoms. The number of aliphatic hydroxyl groups excluding tert-OH is 1. The monoisotopic (exact) mass is 1560 g/mol. The van der Waals surface area contributed by atoms with Crippen molar-refractivity contribution in [3.8, 4) is 11.5 Å². The number of hydrogen-bond acceptors (Lipinski definition) is 21. The summed E-state index contributed by atoms with van der Waals surface area (Å²) < 4.78 is 0. The summed E-state index contributed by atoms with van der Waals surface area (Å²) >= 11 is 0. The highest BCUT2D eigenvalue weighted by molar-refractivity contribution is 6.01. The number of nitrogens with two attached hydrogens (primary N) is 2. The number of phenolic OH excluding ortho intramolecular Hbond substituents is 2. The van der Waals surface area contributed by atoms with Gasteiger partial charge in [0.25, 0.3) is 0 Å². The molecule has 15 atom stereocenters. The molecule has 1 fully saturated rings. The van der Waals surface area contributed by atoms with Gasteiger partial charge in [-0.1, -0.05) is 99.9 Å². The number of carbonyl (C=O) groups excluding carboxylic acids is 14. The zero-order valence-corrected chi connectivity index (χ0v) is 65.4. The molecule has 1 saturated heterocycles. The first-order valence-electron chi connectivity index (χ1n) is 37.3. The van der Waals surface area contributed by atoms with Gasteiger partial charge < -0.3 is 111 Å². The molecule has 0 unspecified atom stereocenters. The summed E-state index contributed by atoms with van der Waals surface area (Å²) in [6.45, 7) is 19.2. The molecule has 618 valence electrons. The molecule has 0 spiro atoms. The number of benzene rings is 2. The van der Waals surface area contributed by atoms with Crippen LogP contribution in [0.5, 0.6) is 11.5 Å². The lowest BCUT2D eigenvalue weighted by molar-refractivity contribution is -0.143. The fourth-order valence-electron chi connectivity index (χ4n) is 11.8. The van der Waals surface area contributed by atoms with Crippen molar-refractivity contribution in [3.05, 3.63) is 59.7 Å². The van der Waals surface area contributed by atoms with E-state index in [1.165, 1.54) is 81.1 Å². The molecule has 0 radical (unpaired) electrons. The Morgan fingerprint density at radius 2 is 0.892 bits per heavy atom. The first-order chi connectivity index (χ1) is 52.0. The second-order valence-electron chi connectivity index (χ2n) is 29.4. The molecule has 22 N–H and O–H groups in total. The molecular weight excluding hydrogens is 1450 g/mol. The van der Waals surface area contributed by atoms with Crippen molar-refractivity contribution >= 4 is 94.6 Å². The number of carboxylic acid groups (broad SMARTS) is 2. The normalized spacial score (nSPS) is 16.5. The van der Waals surface area contributed by atoms with E-state index in [0.29, 0.717) is 31.4 Å². The van der Waals surface area contributed by atoms with Crippen LogP contribution in [0, 0.1) is 29.6 Å². The number of carbonyl (C=O) groups is 16. The Morgan fingerprint density at radius 1 is 0.468 bits per heavy atom. The molecule has 2 aromatic carbocycles. The van der Waals surface area contributed by atoms with Gasteiger partial charge in [0.2, 0.25) is 82.7 Å². The minimum atomic E-state index is -1.98. The number of amides is 14. The molecule has 37 nitrogen and oxygen atoms in total. The second-order valence-corrected chi connectivity index (χ2v) is 29.4. The number of hydrogen-bond donors (Lipinski definition) is 20. The summed E-state index contributed by atoms with van der Waals surface area (Å²) in [6, 6.07) is -7.86. The van der Waals surface area contributed by atoms with E-state index < -0.39 is 222 Å². The lowest BCUT2D eigenvalue weighted by atomic mass is 9.97. The van der Waals surface area contributed by atoms with Crippen molar-refractivity contribution in [2.75, 3.05) is 26.2 Å². The summed E-state index contributed by atoms with van der Waals surface area (Å²) in [5.74, 6) is -18.6. The molecule has 0 aliphatic carbocycles. The molecule has 0 bridgehead atoms. The number of carboxylic acids is 2. The highest BCUT2D eigenvalue weighted by atomic mass is 16.4. The van der Waals surface area contributed by atoms with Gasteiger partial charge in [-0.2, -0.15) is 0 Å². The Balaban J connectivity index is 1.83. The minimum absolute atomic E-state index is 0.0417. The Bertz CT molecular complexity index is 3540. The Morgan fingerprint density at radius 3 is 1.36 bits per heavy atom. The van der Waals surface area contributed by atoms with Crippen molar-refractivity contribution in [1.82, 2.24) is 74.0 Å². The van der Waals surface area contributed by atoms with Crippen molar-refractivity contribution in [3.63, 3.8) is 0 Å². The Hall–Kier alpha value is -10.6. The third-order valence-corrected chi connectivity index (χ3v) is 18.5.